The topological polar surface area (TPSA) is 38.5 Å². The fourth-order valence-corrected chi connectivity index (χ4v) is 2.93. The van der Waals surface area contributed by atoms with Gasteiger partial charge in [-0.25, -0.2) is 0 Å². The maximum Gasteiger partial charge on any atom is 0.0700 e. The molecule has 0 amide bonds. The van der Waals surface area contributed by atoms with Crippen LogP contribution in [0.5, 0.6) is 0 Å². The van der Waals surface area contributed by atoms with Crippen molar-refractivity contribution in [2.45, 2.75) is 65.6 Å². The highest BCUT2D eigenvalue weighted by molar-refractivity contribution is 4.92. The lowest BCUT2D eigenvalue weighted by molar-refractivity contribution is -0.0661. The molecule has 3 unspecified atom stereocenters. The number of nitrogens with two attached hydrogens (primary N) is 1. The Labute approximate surface area is 107 Å². The molecule has 1 fully saturated rings. The number of morpholine rings is 1. The van der Waals surface area contributed by atoms with Crippen LogP contribution >= 0.6 is 0 Å². The molecule has 1 rings (SSSR count). The van der Waals surface area contributed by atoms with Crippen LogP contribution in [0.3, 0.4) is 0 Å². The van der Waals surface area contributed by atoms with Crippen molar-refractivity contribution in [1.82, 2.24) is 4.90 Å². The molecule has 0 saturated carbocycles. The molecule has 0 spiro atoms. The van der Waals surface area contributed by atoms with Crippen molar-refractivity contribution in [3.8, 4) is 0 Å². The third-order valence-corrected chi connectivity index (χ3v) is 3.78. The molecule has 3 atom stereocenters. The predicted octanol–water partition coefficient (Wildman–Crippen LogP) is 2.25. The van der Waals surface area contributed by atoms with Crippen LogP contribution in [0.1, 0.15) is 47.5 Å². The highest BCUT2D eigenvalue weighted by atomic mass is 16.5. The van der Waals surface area contributed by atoms with E-state index in [1.807, 2.05) is 0 Å². The standard InChI is InChI=1S/C14H30N2O/c1-6-11-10-16(8-9-17-11)13(12(15)7-2)14(3,4)5/h11-13H,6-10,15H2,1-5H3. The highest BCUT2D eigenvalue weighted by Gasteiger charge is 2.36. The van der Waals surface area contributed by atoms with Crippen molar-refractivity contribution in [1.29, 1.82) is 0 Å². The van der Waals surface area contributed by atoms with Crippen molar-refractivity contribution in [2.24, 2.45) is 11.1 Å². The van der Waals surface area contributed by atoms with E-state index in [0.717, 1.165) is 32.5 Å². The zero-order chi connectivity index (χ0) is 13.1. The van der Waals surface area contributed by atoms with Gasteiger partial charge in [0, 0.05) is 25.2 Å². The summed E-state index contributed by atoms with van der Waals surface area (Å²) >= 11 is 0. The Bertz CT molecular complexity index is 225. The summed E-state index contributed by atoms with van der Waals surface area (Å²) < 4.78 is 5.75. The van der Waals surface area contributed by atoms with Crippen LogP contribution in [0.15, 0.2) is 0 Å². The monoisotopic (exact) mass is 242 g/mol. The van der Waals surface area contributed by atoms with Crippen LogP contribution < -0.4 is 5.73 Å². The molecule has 3 heteroatoms. The summed E-state index contributed by atoms with van der Waals surface area (Å²) in [6.45, 7) is 14.2. The molecule has 1 aliphatic heterocycles. The number of hydrogen-bond acceptors (Lipinski definition) is 3. The van der Waals surface area contributed by atoms with E-state index >= 15 is 0 Å². The van der Waals surface area contributed by atoms with E-state index in [0.29, 0.717) is 12.1 Å². The van der Waals surface area contributed by atoms with Crippen LogP contribution in [0.25, 0.3) is 0 Å². The Morgan fingerprint density at radius 3 is 2.47 bits per heavy atom. The second-order valence-corrected chi connectivity index (χ2v) is 6.28. The zero-order valence-corrected chi connectivity index (χ0v) is 12.2. The minimum atomic E-state index is 0.227. The van der Waals surface area contributed by atoms with Gasteiger partial charge in [0.1, 0.15) is 0 Å². The van der Waals surface area contributed by atoms with Gasteiger partial charge in [-0.15, -0.1) is 0 Å². The Morgan fingerprint density at radius 1 is 1.35 bits per heavy atom. The molecule has 0 bridgehead atoms. The van der Waals surface area contributed by atoms with Crippen LogP contribution in [0.2, 0.25) is 0 Å². The van der Waals surface area contributed by atoms with Crippen molar-refractivity contribution in [3.05, 3.63) is 0 Å². The van der Waals surface area contributed by atoms with Crippen molar-refractivity contribution in [2.75, 3.05) is 19.7 Å². The van der Waals surface area contributed by atoms with E-state index in [-0.39, 0.29) is 11.5 Å². The van der Waals surface area contributed by atoms with Gasteiger partial charge in [0.15, 0.2) is 0 Å². The first-order chi connectivity index (χ1) is 7.90. The van der Waals surface area contributed by atoms with Crippen LogP contribution in [-0.2, 0) is 4.74 Å². The third-order valence-electron chi connectivity index (χ3n) is 3.78. The molecule has 1 aliphatic rings. The molecule has 102 valence electrons. The first kappa shape index (κ1) is 14.9. The quantitative estimate of drug-likeness (QED) is 0.822. The highest BCUT2D eigenvalue weighted by Crippen LogP contribution is 2.29. The number of hydrogen-bond donors (Lipinski definition) is 1. The Balaban J connectivity index is 2.76. The summed E-state index contributed by atoms with van der Waals surface area (Å²) in [5.41, 5.74) is 6.57. The Kier molecular flexibility index (Phi) is 5.42. The summed E-state index contributed by atoms with van der Waals surface area (Å²) in [5.74, 6) is 0. The number of ether oxygens (including phenoxy) is 1. The van der Waals surface area contributed by atoms with Gasteiger partial charge in [0.05, 0.1) is 12.7 Å². The molecule has 3 nitrogen and oxygen atoms in total. The van der Waals surface area contributed by atoms with E-state index in [1.165, 1.54) is 0 Å². The van der Waals surface area contributed by atoms with Crippen molar-refractivity contribution < 1.29 is 4.74 Å². The first-order valence-electron chi connectivity index (χ1n) is 7.01. The maximum absolute atomic E-state index is 6.34. The van der Waals surface area contributed by atoms with Gasteiger partial charge in [-0.05, 0) is 18.3 Å². The van der Waals surface area contributed by atoms with E-state index in [9.17, 15) is 0 Å². The minimum Gasteiger partial charge on any atom is -0.376 e. The largest absolute Gasteiger partial charge is 0.376 e. The van der Waals surface area contributed by atoms with Crippen molar-refractivity contribution >= 4 is 0 Å². The Morgan fingerprint density at radius 2 is 2.00 bits per heavy atom. The predicted molar refractivity (Wildman–Crippen MR) is 73.1 cm³/mol. The van der Waals surface area contributed by atoms with Gasteiger partial charge in [0.25, 0.3) is 0 Å². The third kappa shape index (κ3) is 3.94. The molecule has 0 aromatic carbocycles. The summed E-state index contributed by atoms with van der Waals surface area (Å²) in [6.07, 6.45) is 2.52. The van der Waals surface area contributed by atoms with E-state index in [2.05, 4.69) is 39.5 Å². The number of rotatable bonds is 4. The summed E-state index contributed by atoms with van der Waals surface area (Å²) in [7, 11) is 0. The Hall–Kier alpha value is -0.120. The number of nitrogens with zero attached hydrogens (tertiary/aromatic N) is 1. The average Bonchev–Trinajstić information content (AvgIpc) is 2.27. The SMILES string of the molecule is CCC1CN(C(C(N)CC)C(C)(C)C)CCO1. The second kappa shape index (κ2) is 6.17. The van der Waals surface area contributed by atoms with Gasteiger partial charge in [-0.1, -0.05) is 34.6 Å². The first-order valence-corrected chi connectivity index (χ1v) is 7.01. The normalized spacial score (nSPS) is 26.8. The molecule has 0 aromatic rings. The summed E-state index contributed by atoms with van der Waals surface area (Å²) in [5, 5.41) is 0. The maximum atomic E-state index is 6.34. The van der Waals surface area contributed by atoms with Crippen LogP contribution in [-0.4, -0.2) is 42.8 Å². The van der Waals surface area contributed by atoms with E-state index in [4.69, 9.17) is 10.5 Å². The molecule has 0 aromatic heterocycles. The zero-order valence-electron chi connectivity index (χ0n) is 12.2. The van der Waals surface area contributed by atoms with Gasteiger partial charge in [-0.2, -0.15) is 0 Å². The molecule has 0 radical (unpaired) electrons. The minimum absolute atomic E-state index is 0.227. The lowest BCUT2D eigenvalue weighted by Crippen LogP contribution is -2.59. The van der Waals surface area contributed by atoms with Gasteiger partial charge >= 0.3 is 0 Å². The smallest absolute Gasteiger partial charge is 0.0700 e. The molecular weight excluding hydrogens is 212 g/mol. The lowest BCUT2D eigenvalue weighted by Gasteiger charge is -2.46. The van der Waals surface area contributed by atoms with Crippen LogP contribution in [0, 0.1) is 5.41 Å². The summed E-state index contributed by atoms with van der Waals surface area (Å²) in [6, 6.07) is 0.705. The fraction of sp³-hybridized carbons (Fsp3) is 1.00. The second-order valence-electron chi connectivity index (χ2n) is 6.28. The van der Waals surface area contributed by atoms with Gasteiger partial charge < -0.3 is 10.5 Å². The average molecular weight is 242 g/mol. The lowest BCUT2D eigenvalue weighted by atomic mass is 9.80. The molecule has 1 heterocycles. The van der Waals surface area contributed by atoms with E-state index < -0.39 is 0 Å². The molecule has 2 N–H and O–H groups in total. The fourth-order valence-electron chi connectivity index (χ4n) is 2.93. The molecule has 0 aliphatic carbocycles. The van der Waals surface area contributed by atoms with Gasteiger partial charge in [-0.3, -0.25) is 4.90 Å². The molecular formula is C14H30N2O. The molecule has 17 heavy (non-hydrogen) atoms. The van der Waals surface area contributed by atoms with Gasteiger partial charge in [0.2, 0.25) is 0 Å². The van der Waals surface area contributed by atoms with Crippen molar-refractivity contribution in [3.63, 3.8) is 0 Å². The molecule has 1 saturated heterocycles. The van der Waals surface area contributed by atoms with E-state index in [1.54, 1.807) is 0 Å². The van der Waals surface area contributed by atoms with Crippen LogP contribution in [0.4, 0.5) is 0 Å². The summed E-state index contributed by atoms with van der Waals surface area (Å²) in [4.78, 5) is 2.55.